The molecule has 3 rings (SSSR count). The van der Waals surface area contributed by atoms with Crippen molar-refractivity contribution in [1.82, 2.24) is 0 Å². The van der Waals surface area contributed by atoms with Crippen molar-refractivity contribution in [2.45, 2.75) is 31.8 Å². The Morgan fingerprint density at radius 3 is 2.40 bits per heavy atom. The summed E-state index contributed by atoms with van der Waals surface area (Å²) in [6.45, 7) is 1.74. The van der Waals surface area contributed by atoms with E-state index in [1.54, 1.807) is 0 Å². The molecule has 2 aliphatic heterocycles. The van der Waals surface area contributed by atoms with Crippen molar-refractivity contribution in [3.63, 3.8) is 0 Å². The highest BCUT2D eigenvalue weighted by molar-refractivity contribution is 4.91. The van der Waals surface area contributed by atoms with Gasteiger partial charge in [-0.25, -0.2) is 0 Å². The molecule has 2 saturated heterocycles. The minimum Gasteiger partial charge on any atom is -0.378 e. The molecule has 2 nitrogen and oxygen atoms in total. The first-order valence-corrected chi connectivity index (χ1v) is 4.16. The van der Waals surface area contributed by atoms with Crippen molar-refractivity contribution in [2.75, 3.05) is 13.2 Å². The van der Waals surface area contributed by atoms with Gasteiger partial charge in [0.15, 0.2) is 0 Å². The summed E-state index contributed by atoms with van der Waals surface area (Å²) in [6, 6.07) is 0. The summed E-state index contributed by atoms with van der Waals surface area (Å²) in [7, 11) is 0. The molecule has 2 heteroatoms. The Kier molecular flexibility index (Phi) is 1.46. The molecule has 3 fully saturated rings. The molecular formula is C8H15NO. The lowest BCUT2D eigenvalue weighted by molar-refractivity contribution is -0.110. The number of ether oxygens (including phenoxy) is 1. The Morgan fingerprint density at radius 2 is 2.10 bits per heavy atom. The predicted octanol–water partition coefficient (Wildman–Crippen LogP) is 0.904. The summed E-state index contributed by atoms with van der Waals surface area (Å²) >= 11 is 0. The van der Waals surface area contributed by atoms with Crippen LogP contribution in [0.5, 0.6) is 0 Å². The predicted molar refractivity (Wildman–Crippen MR) is 39.7 cm³/mol. The van der Waals surface area contributed by atoms with E-state index in [-0.39, 0.29) is 0 Å². The minimum atomic E-state index is 0.384. The number of rotatable bonds is 1. The second-order valence-electron chi connectivity index (χ2n) is 3.71. The van der Waals surface area contributed by atoms with Gasteiger partial charge in [-0.1, -0.05) is 0 Å². The number of fused-ring (bicyclic) bond motifs is 3. The zero-order valence-corrected chi connectivity index (χ0v) is 6.31. The SMILES string of the molecule is NCC12CCC(CC1)OC2. The molecular weight excluding hydrogens is 126 g/mol. The van der Waals surface area contributed by atoms with Gasteiger partial charge < -0.3 is 10.5 Å². The van der Waals surface area contributed by atoms with Gasteiger partial charge in [0.2, 0.25) is 0 Å². The monoisotopic (exact) mass is 141 g/mol. The van der Waals surface area contributed by atoms with Crippen LogP contribution in [0.15, 0.2) is 0 Å². The molecule has 0 radical (unpaired) electrons. The molecule has 0 amide bonds. The smallest absolute Gasteiger partial charge is 0.0575 e. The van der Waals surface area contributed by atoms with E-state index in [0.717, 1.165) is 13.2 Å². The van der Waals surface area contributed by atoms with E-state index < -0.39 is 0 Å². The van der Waals surface area contributed by atoms with E-state index in [1.807, 2.05) is 0 Å². The second kappa shape index (κ2) is 2.21. The van der Waals surface area contributed by atoms with Gasteiger partial charge in [0.05, 0.1) is 12.7 Å². The lowest BCUT2D eigenvalue weighted by Crippen LogP contribution is -2.46. The molecule has 1 aliphatic carbocycles. The Labute approximate surface area is 61.7 Å². The van der Waals surface area contributed by atoms with Crippen molar-refractivity contribution in [1.29, 1.82) is 0 Å². The zero-order chi connectivity index (χ0) is 7.03. The summed E-state index contributed by atoms with van der Waals surface area (Å²) < 4.78 is 5.59. The fourth-order valence-corrected chi connectivity index (χ4v) is 2.07. The van der Waals surface area contributed by atoms with Gasteiger partial charge in [0, 0.05) is 12.0 Å². The highest BCUT2D eigenvalue weighted by atomic mass is 16.5. The van der Waals surface area contributed by atoms with Crippen molar-refractivity contribution in [3.05, 3.63) is 0 Å². The molecule has 0 aromatic carbocycles. The molecule has 58 valence electrons. The molecule has 2 N–H and O–H groups in total. The normalized spacial score (nSPS) is 45.9. The summed E-state index contributed by atoms with van der Waals surface area (Å²) in [4.78, 5) is 0. The standard InChI is InChI=1S/C8H15NO/c9-5-8-3-1-7(2-4-8)10-6-8/h7H,1-6,9H2. The largest absolute Gasteiger partial charge is 0.378 e. The Balaban J connectivity index is 2.08. The second-order valence-corrected chi connectivity index (χ2v) is 3.71. The third-order valence-electron chi connectivity index (χ3n) is 3.05. The average molecular weight is 141 g/mol. The van der Waals surface area contributed by atoms with Gasteiger partial charge in [0.25, 0.3) is 0 Å². The summed E-state index contributed by atoms with van der Waals surface area (Å²) in [5.41, 5.74) is 6.08. The summed E-state index contributed by atoms with van der Waals surface area (Å²) in [5, 5.41) is 0. The first kappa shape index (κ1) is 6.62. The van der Waals surface area contributed by atoms with Crippen LogP contribution in [-0.2, 0) is 4.74 Å². The summed E-state index contributed by atoms with van der Waals surface area (Å²) in [6.07, 6.45) is 5.67. The van der Waals surface area contributed by atoms with Gasteiger partial charge in [-0.2, -0.15) is 0 Å². The van der Waals surface area contributed by atoms with Crippen LogP contribution in [-0.4, -0.2) is 19.3 Å². The van der Waals surface area contributed by atoms with Crippen LogP contribution in [0.2, 0.25) is 0 Å². The minimum absolute atomic E-state index is 0.384. The first-order valence-electron chi connectivity index (χ1n) is 4.16. The van der Waals surface area contributed by atoms with Crippen molar-refractivity contribution >= 4 is 0 Å². The third kappa shape index (κ3) is 0.867. The Bertz CT molecular complexity index is 113. The fraction of sp³-hybridized carbons (Fsp3) is 1.00. The van der Waals surface area contributed by atoms with Gasteiger partial charge in [0.1, 0.15) is 0 Å². The number of nitrogens with two attached hydrogens (primary N) is 1. The summed E-state index contributed by atoms with van der Waals surface area (Å²) in [5.74, 6) is 0. The Morgan fingerprint density at radius 1 is 1.40 bits per heavy atom. The van der Waals surface area contributed by atoms with Crippen molar-refractivity contribution in [2.24, 2.45) is 11.1 Å². The van der Waals surface area contributed by atoms with Crippen LogP contribution >= 0.6 is 0 Å². The van der Waals surface area contributed by atoms with E-state index in [1.165, 1.54) is 25.7 Å². The highest BCUT2D eigenvalue weighted by Crippen LogP contribution is 2.41. The quantitative estimate of drug-likeness (QED) is 0.589. The van der Waals surface area contributed by atoms with Gasteiger partial charge in [-0.3, -0.25) is 0 Å². The van der Waals surface area contributed by atoms with E-state index in [0.29, 0.717) is 11.5 Å². The van der Waals surface area contributed by atoms with Crippen molar-refractivity contribution < 1.29 is 4.74 Å². The molecule has 0 unspecified atom stereocenters. The average Bonchev–Trinajstić information content (AvgIpc) is 2.08. The molecule has 2 heterocycles. The highest BCUT2D eigenvalue weighted by Gasteiger charge is 2.39. The van der Waals surface area contributed by atoms with Gasteiger partial charge >= 0.3 is 0 Å². The van der Waals surface area contributed by atoms with Crippen LogP contribution < -0.4 is 5.73 Å². The van der Waals surface area contributed by atoms with Gasteiger partial charge in [-0.05, 0) is 25.7 Å². The number of hydrogen-bond donors (Lipinski definition) is 1. The maximum absolute atomic E-state index is 5.69. The van der Waals surface area contributed by atoms with Gasteiger partial charge in [-0.15, -0.1) is 0 Å². The molecule has 1 saturated carbocycles. The van der Waals surface area contributed by atoms with Crippen LogP contribution in [0, 0.1) is 5.41 Å². The maximum atomic E-state index is 5.69. The molecule has 3 aliphatic rings. The lowest BCUT2D eigenvalue weighted by Gasteiger charge is -2.45. The zero-order valence-electron chi connectivity index (χ0n) is 6.31. The fourth-order valence-electron chi connectivity index (χ4n) is 2.07. The van der Waals surface area contributed by atoms with Crippen molar-refractivity contribution in [3.8, 4) is 0 Å². The van der Waals surface area contributed by atoms with E-state index in [4.69, 9.17) is 10.5 Å². The number of hydrogen-bond acceptors (Lipinski definition) is 2. The van der Waals surface area contributed by atoms with Crippen LogP contribution in [0.25, 0.3) is 0 Å². The topological polar surface area (TPSA) is 35.2 Å². The molecule has 2 bridgehead atoms. The first-order chi connectivity index (χ1) is 4.85. The van der Waals surface area contributed by atoms with Crippen LogP contribution in [0.4, 0.5) is 0 Å². The molecule has 0 spiro atoms. The van der Waals surface area contributed by atoms with E-state index in [9.17, 15) is 0 Å². The van der Waals surface area contributed by atoms with E-state index >= 15 is 0 Å². The van der Waals surface area contributed by atoms with Crippen LogP contribution in [0.3, 0.4) is 0 Å². The van der Waals surface area contributed by atoms with E-state index in [2.05, 4.69) is 0 Å². The molecule has 0 aromatic heterocycles. The maximum Gasteiger partial charge on any atom is 0.0575 e. The third-order valence-corrected chi connectivity index (χ3v) is 3.05. The molecule has 0 atom stereocenters. The molecule has 10 heavy (non-hydrogen) atoms. The molecule has 0 aromatic rings. The lowest BCUT2D eigenvalue weighted by atomic mass is 9.71. The Hall–Kier alpha value is -0.0800. The van der Waals surface area contributed by atoms with Crippen LogP contribution in [0.1, 0.15) is 25.7 Å².